The van der Waals surface area contributed by atoms with Crippen LogP contribution < -0.4 is 16.0 Å². The minimum absolute atomic E-state index is 0.0859. The lowest BCUT2D eigenvalue weighted by Gasteiger charge is -2.11. The maximum atomic E-state index is 12.2. The Labute approximate surface area is 188 Å². The maximum Gasteiger partial charge on any atom is 0.257 e. The van der Waals surface area contributed by atoms with Crippen molar-refractivity contribution in [1.82, 2.24) is 5.32 Å². The first-order valence-electron chi connectivity index (χ1n) is 8.81. The second-order valence-corrected chi connectivity index (χ2v) is 7.86. The number of halogens is 1. The number of benzene rings is 3. The van der Waals surface area contributed by atoms with Crippen LogP contribution in [0.5, 0.6) is 0 Å². The zero-order valence-corrected chi connectivity index (χ0v) is 18.3. The van der Waals surface area contributed by atoms with E-state index in [2.05, 4.69) is 38.5 Å². The third kappa shape index (κ3) is 6.65. The van der Waals surface area contributed by atoms with Crippen LogP contribution in [0, 0.1) is 3.57 Å². The molecular weight excluding hydrogens is 497 g/mol. The molecule has 3 rings (SSSR count). The van der Waals surface area contributed by atoms with Crippen molar-refractivity contribution in [3.63, 3.8) is 0 Å². The van der Waals surface area contributed by atoms with Crippen LogP contribution in [-0.2, 0) is 11.2 Å². The van der Waals surface area contributed by atoms with E-state index in [1.807, 2.05) is 42.5 Å². The van der Waals surface area contributed by atoms with Crippen molar-refractivity contribution in [2.24, 2.45) is 0 Å². The number of hydrogen-bond acceptors (Lipinski definition) is 3. The van der Waals surface area contributed by atoms with Gasteiger partial charge in [-0.3, -0.25) is 14.9 Å². The van der Waals surface area contributed by atoms with E-state index in [9.17, 15) is 9.59 Å². The molecule has 5 nitrogen and oxygen atoms in total. The van der Waals surface area contributed by atoms with Crippen molar-refractivity contribution in [3.8, 4) is 0 Å². The largest absolute Gasteiger partial charge is 0.332 e. The fourth-order valence-corrected chi connectivity index (χ4v) is 3.13. The summed E-state index contributed by atoms with van der Waals surface area (Å²) in [4.78, 5) is 24.3. The highest BCUT2D eigenvalue weighted by molar-refractivity contribution is 14.1. The number of thiocarbonyl (C=S) groups is 1. The van der Waals surface area contributed by atoms with Gasteiger partial charge in [-0.1, -0.05) is 30.3 Å². The van der Waals surface area contributed by atoms with E-state index in [0.717, 1.165) is 9.13 Å². The van der Waals surface area contributed by atoms with Gasteiger partial charge in [-0.2, -0.15) is 0 Å². The molecule has 146 valence electrons. The van der Waals surface area contributed by atoms with Crippen LogP contribution in [0.4, 0.5) is 11.4 Å². The Kier molecular flexibility index (Phi) is 7.31. The fourth-order valence-electron chi connectivity index (χ4n) is 2.56. The average Bonchev–Trinajstić information content (AvgIpc) is 2.70. The molecule has 0 spiro atoms. The summed E-state index contributed by atoms with van der Waals surface area (Å²) < 4.78 is 1.05. The predicted octanol–water partition coefficient (Wildman–Crippen LogP) is 4.60. The van der Waals surface area contributed by atoms with Gasteiger partial charge in [-0.05, 0) is 88.9 Å². The molecule has 29 heavy (non-hydrogen) atoms. The van der Waals surface area contributed by atoms with E-state index < -0.39 is 0 Å². The van der Waals surface area contributed by atoms with E-state index in [1.54, 1.807) is 36.4 Å². The SMILES string of the molecule is O=C(Cc1ccccc1)Nc1ccc(NC(=S)NC(=O)c2ccc(I)cc2)cc1. The Bertz CT molecular complexity index is 1010. The van der Waals surface area contributed by atoms with E-state index in [1.165, 1.54) is 0 Å². The van der Waals surface area contributed by atoms with Gasteiger partial charge in [0.2, 0.25) is 5.91 Å². The molecule has 0 radical (unpaired) electrons. The monoisotopic (exact) mass is 515 g/mol. The van der Waals surface area contributed by atoms with Crippen molar-refractivity contribution in [2.45, 2.75) is 6.42 Å². The van der Waals surface area contributed by atoms with Gasteiger partial charge in [0.15, 0.2) is 5.11 Å². The number of rotatable bonds is 5. The summed E-state index contributed by atoms with van der Waals surface area (Å²) in [7, 11) is 0. The van der Waals surface area contributed by atoms with Crippen molar-refractivity contribution in [1.29, 1.82) is 0 Å². The lowest BCUT2D eigenvalue weighted by Crippen LogP contribution is -2.34. The normalized spacial score (nSPS) is 10.1. The third-order valence-corrected chi connectivity index (χ3v) is 4.89. The van der Waals surface area contributed by atoms with Gasteiger partial charge in [0.05, 0.1) is 6.42 Å². The van der Waals surface area contributed by atoms with Crippen LogP contribution in [0.3, 0.4) is 0 Å². The zero-order valence-electron chi connectivity index (χ0n) is 15.3. The quantitative estimate of drug-likeness (QED) is 0.343. The first-order valence-corrected chi connectivity index (χ1v) is 10.3. The molecule has 0 saturated heterocycles. The van der Waals surface area contributed by atoms with E-state index in [0.29, 0.717) is 23.4 Å². The van der Waals surface area contributed by atoms with E-state index in [4.69, 9.17) is 12.2 Å². The lowest BCUT2D eigenvalue weighted by molar-refractivity contribution is -0.115. The highest BCUT2D eigenvalue weighted by atomic mass is 127. The van der Waals surface area contributed by atoms with Crippen LogP contribution in [0.2, 0.25) is 0 Å². The molecule has 0 saturated carbocycles. The summed E-state index contributed by atoms with van der Waals surface area (Å²) in [5.74, 6) is -0.360. The Morgan fingerprint density at radius 2 is 1.38 bits per heavy atom. The molecule has 0 bridgehead atoms. The molecule has 0 aromatic heterocycles. The number of amides is 2. The Morgan fingerprint density at radius 1 is 0.793 bits per heavy atom. The molecule has 0 unspecified atom stereocenters. The molecule has 0 atom stereocenters. The molecule has 3 aromatic carbocycles. The second kappa shape index (κ2) is 10.1. The molecule has 0 aliphatic rings. The number of anilines is 2. The number of hydrogen-bond donors (Lipinski definition) is 3. The number of carbonyl (C=O) groups excluding carboxylic acids is 2. The Balaban J connectivity index is 1.50. The van der Waals surface area contributed by atoms with Crippen LogP contribution in [0.1, 0.15) is 15.9 Å². The highest BCUT2D eigenvalue weighted by Gasteiger charge is 2.08. The summed E-state index contributed by atoms with van der Waals surface area (Å²) >= 11 is 7.38. The molecule has 0 aliphatic carbocycles. The lowest BCUT2D eigenvalue weighted by atomic mass is 10.1. The number of nitrogens with one attached hydrogen (secondary N) is 3. The first-order chi connectivity index (χ1) is 14.0. The van der Waals surface area contributed by atoms with Crippen molar-refractivity contribution in [3.05, 3.63) is 93.6 Å². The van der Waals surface area contributed by atoms with Crippen molar-refractivity contribution < 1.29 is 9.59 Å². The fraction of sp³-hybridized carbons (Fsp3) is 0.0455. The third-order valence-electron chi connectivity index (χ3n) is 3.97. The minimum Gasteiger partial charge on any atom is -0.332 e. The van der Waals surface area contributed by atoms with Crippen LogP contribution in [0.15, 0.2) is 78.9 Å². The predicted molar refractivity (Wildman–Crippen MR) is 128 cm³/mol. The molecule has 0 heterocycles. The van der Waals surface area contributed by atoms with Crippen LogP contribution in [0.25, 0.3) is 0 Å². The standard InChI is InChI=1S/C22H18IN3O2S/c23-17-8-6-16(7-9-17)21(28)26-22(29)25-19-12-10-18(11-13-19)24-20(27)14-15-4-2-1-3-5-15/h1-13H,14H2,(H,24,27)(H2,25,26,28,29). The van der Waals surface area contributed by atoms with Gasteiger partial charge in [-0.25, -0.2) is 0 Å². The Morgan fingerprint density at radius 3 is 2.00 bits per heavy atom. The molecule has 2 amide bonds. The van der Waals surface area contributed by atoms with Gasteiger partial charge >= 0.3 is 0 Å². The van der Waals surface area contributed by atoms with E-state index >= 15 is 0 Å². The Hall–Kier alpha value is -2.78. The topological polar surface area (TPSA) is 70.2 Å². The number of carbonyl (C=O) groups is 2. The molecule has 3 N–H and O–H groups in total. The van der Waals surface area contributed by atoms with Crippen LogP contribution >= 0.6 is 34.8 Å². The second-order valence-electron chi connectivity index (χ2n) is 6.20. The summed E-state index contributed by atoms with van der Waals surface area (Å²) in [6, 6.07) is 23.9. The van der Waals surface area contributed by atoms with Crippen molar-refractivity contribution in [2.75, 3.05) is 10.6 Å². The van der Waals surface area contributed by atoms with Crippen LogP contribution in [-0.4, -0.2) is 16.9 Å². The van der Waals surface area contributed by atoms with Gasteiger partial charge < -0.3 is 10.6 Å². The summed E-state index contributed by atoms with van der Waals surface area (Å²) in [5, 5.41) is 8.67. The molecule has 7 heteroatoms. The highest BCUT2D eigenvalue weighted by Crippen LogP contribution is 2.14. The molecule has 0 fully saturated rings. The zero-order chi connectivity index (χ0) is 20.6. The maximum absolute atomic E-state index is 12.2. The molecular formula is C22H18IN3O2S. The molecule has 3 aromatic rings. The van der Waals surface area contributed by atoms with Gasteiger partial charge in [0, 0.05) is 20.5 Å². The molecule has 0 aliphatic heterocycles. The first kappa shape index (κ1) is 20.9. The van der Waals surface area contributed by atoms with E-state index in [-0.39, 0.29) is 16.9 Å². The van der Waals surface area contributed by atoms with Crippen molar-refractivity contribution >= 4 is 63.1 Å². The summed E-state index contributed by atoms with van der Waals surface area (Å²) in [6.45, 7) is 0. The minimum atomic E-state index is -0.274. The summed E-state index contributed by atoms with van der Waals surface area (Å²) in [6.07, 6.45) is 0.315. The smallest absolute Gasteiger partial charge is 0.257 e. The van der Waals surface area contributed by atoms with Gasteiger partial charge in [-0.15, -0.1) is 0 Å². The average molecular weight is 515 g/mol. The summed E-state index contributed by atoms with van der Waals surface area (Å²) in [5.41, 5.74) is 2.88. The van der Waals surface area contributed by atoms with Gasteiger partial charge in [0.25, 0.3) is 5.91 Å². The van der Waals surface area contributed by atoms with Gasteiger partial charge in [0.1, 0.15) is 0 Å².